The van der Waals surface area contributed by atoms with Gasteiger partial charge in [-0.2, -0.15) is 0 Å². The van der Waals surface area contributed by atoms with Crippen LogP contribution in [-0.2, 0) is 13.0 Å². The number of amides is 2. The van der Waals surface area contributed by atoms with Crippen molar-refractivity contribution < 1.29 is 19.0 Å². The number of rotatable bonds is 8. The largest absolute Gasteiger partial charge is 0.489 e. The Morgan fingerprint density at radius 1 is 1.19 bits per heavy atom. The summed E-state index contributed by atoms with van der Waals surface area (Å²) in [7, 11) is 0. The van der Waals surface area contributed by atoms with Crippen LogP contribution in [0.3, 0.4) is 0 Å². The van der Waals surface area contributed by atoms with Crippen LogP contribution in [0.5, 0.6) is 17.2 Å². The smallest absolute Gasteiger partial charge is 0.319 e. The number of urea groups is 1. The standard InChI is InChI=1S/C23H25N3O4S/c1-15(2)22-25-18(13-31-22)8-9-24-23(27)26-17-5-3-4-16(10-17)12-28-19-6-7-20-21(11-19)30-14-29-20/h3-7,10-11,13,15H,8-9,12,14H2,1-2H3,(H2,24,26,27). The van der Waals surface area contributed by atoms with Crippen molar-refractivity contribution in [1.82, 2.24) is 10.3 Å². The van der Waals surface area contributed by atoms with E-state index >= 15 is 0 Å². The highest BCUT2D eigenvalue weighted by Crippen LogP contribution is 2.35. The molecule has 0 fully saturated rings. The van der Waals surface area contributed by atoms with Gasteiger partial charge in [0.2, 0.25) is 6.79 Å². The van der Waals surface area contributed by atoms with Crippen molar-refractivity contribution in [2.45, 2.75) is 32.8 Å². The number of carbonyl (C=O) groups is 1. The Hall–Kier alpha value is -3.26. The molecule has 3 aromatic rings. The molecule has 2 N–H and O–H groups in total. The summed E-state index contributed by atoms with van der Waals surface area (Å²) in [6.45, 7) is 5.39. The number of thiazole rings is 1. The maximum atomic E-state index is 12.2. The van der Waals surface area contributed by atoms with Gasteiger partial charge in [0.1, 0.15) is 12.4 Å². The Morgan fingerprint density at radius 3 is 2.90 bits per heavy atom. The second-order valence-corrected chi connectivity index (χ2v) is 8.36. The van der Waals surface area contributed by atoms with E-state index in [2.05, 4.69) is 34.8 Å². The van der Waals surface area contributed by atoms with E-state index in [0.29, 0.717) is 42.7 Å². The van der Waals surface area contributed by atoms with E-state index in [1.807, 2.05) is 42.5 Å². The second kappa shape index (κ2) is 9.70. The Balaban J connectivity index is 1.24. The van der Waals surface area contributed by atoms with E-state index in [1.54, 1.807) is 11.3 Å². The van der Waals surface area contributed by atoms with E-state index < -0.39 is 0 Å². The van der Waals surface area contributed by atoms with E-state index in [4.69, 9.17) is 14.2 Å². The third-order valence-corrected chi connectivity index (χ3v) is 5.86. The number of benzene rings is 2. The topological polar surface area (TPSA) is 81.7 Å². The summed E-state index contributed by atoms with van der Waals surface area (Å²) in [5.41, 5.74) is 2.66. The highest BCUT2D eigenvalue weighted by Gasteiger charge is 2.14. The number of fused-ring (bicyclic) bond motifs is 1. The highest BCUT2D eigenvalue weighted by molar-refractivity contribution is 7.09. The summed E-state index contributed by atoms with van der Waals surface area (Å²) in [6.07, 6.45) is 0.708. The second-order valence-electron chi connectivity index (χ2n) is 7.47. The number of ether oxygens (including phenoxy) is 3. The number of hydrogen-bond acceptors (Lipinski definition) is 6. The van der Waals surface area contributed by atoms with Crippen molar-refractivity contribution in [2.24, 2.45) is 0 Å². The van der Waals surface area contributed by atoms with Gasteiger partial charge in [0.15, 0.2) is 11.5 Å². The molecule has 2 heterocycles. The number of carbonyl (C=O) groups excluding carboxylic acids is 1. The maximum Gasteiger partial charge on any atom is 0.319 e. The van der Waals surface area contributed by atoms with E-state index in [9.17, 15) is 4.79 Å². The number of anilines is 1. The van der Waals surface area contributed by atoms with E-state index in [-0.39, 0.29) is 12.8 Å². The van der Waals surface area contributed by atoms with Crippen LogP contribution in [0.15, 0.2) is 47.8 Å². The molecule has 0 bridgehead atoms. The number of hydrogen-bond donors (Lipinski definition) is 2. The minimum absolute atomic E-state index is 0.233. The quantitative estimate of drug-likeness (QED) is 0.520. The number of nitrogens with one attached hydrogen (secondary N) is 2. The maximum absolute atomic E-state index is 12.2. The first-order valence-electron chi connectivity index (χ1n) is 10.2. The monoisotopic (exact) mass is 439 g/mol. The Morgan fingerprint density at radius 2 is 2.06 bits per heavy atom. The van der Waals surface area contributed by atoms with Crippen molar-refractivity contribution in [3.05, 3.63) is 64.1 Å². The molecule has 0 spiro atoms. The normalized spacial score (nSPS) is 12.1. The fourth-order valence-corrected chi connectivity index (χ4v) is 3.92. The fourth-order valence-electron chi connectivity index (χ4n) is 3.05. The SMILES string of the molecule is CC(C)c1nc(CCNC(=O)Nc2cccc(COc3ccc4c(c3)OCO4)c2)cs1. The zero-order valence-corrected chi connectivity index (χ0v) is 18.3. The van der Waals surface area contributed by atoms with Gasteiger partial charge >= 0.3 is 6.03 Å². The van der Waals surface area contributed by atoms with Gasteiger partial charge in [-0.05, 0) is 29.8 Å². The molecule has 0 atom stereocenters. The van der Waals surface area contributed by atoms with Crippen molar-refractivity contribution in [1.29, 1.82) is 0 Å². The lowest BCUT2D eigenvalue weighted by atomic mass is 10.2. The van der Waals surface area contributed by atoms with E-state index in [1.165, 1.54) is 0 Å². The van der Waals surface area contributed by atoms with E-state index in [0.717, 1.165) is 22.0 Å². The van der Waals surface area contributed by atoms with Crippen LogP contribution in [0.25, 0.3) is 0 Å². The predicted molar refractivity (Wildman–Crippen MR) is 120 cm³/mol. The Labute approximate surface area is 185 Å². The molecule has 0 saturated carbocycles. The van der Waals surface area contributed by atoms with Gasteiger partial charge in [0, 0.05) is 36.0 Å². The summed E-state index contributed by atoms with van der Waals surface area (Å²) >= 11 is 1.66. The molecule has 4 rings (SSSR count). The molecule has 1 aliphatic heterocycles. The summed E-state index contributed by atoms with van der Waals surface area (Å²) in [5, 5.41) is 8.92. The summed E-state index contributed by atoms with van der Waals surface area (Å²) in [6, 6.07) is 12.8. The van der Waals surface area contributed by atoms with Gasteiger partial charge in [-0.25, -0.2) is 9.78 Å². The molecule has 7 nitrogen and oxygen atoms in total. The summed E-state index contributed by atoms with van der Waals surface area (Å²) < 4.78 is 16.5. The predicted octanol–water partition coefficient (Wildman–Crippen LogP) is 4.94. The molecule has 2 amide bonds. The Bertz CT molecular complexity index is 1050. The molecule has 162 valence electrons. The first-order valence-corrected chi connectivity index (χ1v) is 11.1. The molecule has 1 aromatic heterocycles. The molecule has 0 radical (unpaired) electrons. The highest BCUT2D eigenvalue weighted by atomic mass is 32.1. The van der Waals surface area contributed by atoms with Gasteiger partial charge in [0.05, 0.1) is 10.7 Å². The summed E-state index contributed by atoms with van der Waals surface area (Å²) in [5.74, 6) is 2.53. The van der Waals surface area contributed by atoms with Gasteiger partial charge in [-0.1, -0.05) is 26.0 Å². The average Bonchev–Trinajstić information content (AvgIpc) is 3.42. The van der Waals surface area contributed by atoms with Crippen LogP contribution >= 0.6 is 11.3 Å². The lowest BCUT2D eigenvalue weighted by molar-refractivity contribution is 0.173. The zero-order chi connectivity index (χ0) is 21.6. The molecular weight excluding hydrogens is 414 g/mol. The minimum atomic E-state index is -0.242. The van der Waals surface area contributed by atoms with Crippen molar-refractivity contribution in [3.63, 3.8) is 0 Å². The van der Waals surface area contributed by atoms with Crippen LogP contribution in [0, 0.1) is 0 Å². The molecule has 0 aliphatic carbocycles. The summed E-state index contributed by atoms with van der Waals surface area (Å²) in [4.78, 5) is 16.8. The lowest BCUT2D eigenvalue weighted by Crippen LogP contribution is -2.30. The van der Waals surface area contributed by atoms with Gasteiger partial charge in [-0.15, -0.1) is 11.3 Å². The van der Waals surface area contributed by atoms with Crippen molar-refractivity contribution >= 4 is 23.1 Å². The van der Waals surface area contributed by atoms with Crippen molar-refractivity contribution in [3.8, 4) is 17.2 Å². The molecule has 0 saturated heterocycles. The van der Waals surface area contributed by atoms with Crippen molar-refractivity contribution in [2.75, 3.05) is 18.7 Å². The van der Waals surface area contributed by atoms with Crippen LogP contribution in [-0.4, -0.2) is 24.4 Å². The first-order chi connectivity index (χ1) is 15.1. The molecule has 1 aliphatic rings. The van der Waals surface area contributed by atoms with Crippen LogP contribution in [0.1, 0.15) is 36.0 Å². The molecular formula is C23H25N3O4S. The minimum Gasteiger partial charge on any atom is -0.489 e. The van der Waals surface area contributed by atoms with Gasteiger partial charge in [0.25, 0.3) is 0 Å². The molecule has 0 unspecified atom stereocenters. The molecule has 2 aromatic carbocycles. The third-order valence-electron chi connectivity index (χ3n) is 4.66. The van der Waals surface area contributed by atoms with Gasteiger partial charge < -0.3 is 24.8 Å². The third kappa shape index (κ3) is 5.67. The van der Waals surface area contributed by atoms with Crippen LogP contribution < -0.4 is 24.8 Å². The average molecular weight is 440 g/mol. The first kappa shape index (κ1) is 21.0. The van der Waals surface area contributed by atoms with Crippen LogP contribution in [0.4, 0.5) is 10.5 Å². The number of nitrogens with zero attached hydrogens (tertiary/aromatic N) is 1. The molecule has 31 heavy (non-hydrogen) atoms. The fraction of sp³-hybridized carbons (Fsp3) is 0.304. The number of aromatic nitrogens is 1. The van der Waals surface area contributed by atoms with Gasteiger partial charge in [-0.3, -0.25) is 0 Å². The Kier molecular flexibility index (Phi) is 6.57. The molecule has 8 heteroatoms. The van der Waals surface area contributed by atoms with Crippen LogP contribution in [0.2, 0.25) is 0 Å². The lowest BCUT2D eigenvalue weighted by Gasteiger charge is -2.10. The zero-order valence-electron chi connectivity index (χ0n) is 17.5.